The Balaban J connectivity index is 1.80. The highest BCUT2D eigenvalue weighted by Gasteiger charge is 2.43. The standard InChI is InChI=1S/C12H22N2O4S/c1-2-3-12(16)8-14(9-12)11(15)6-10-7-19(17,18)5-4-13-10/h10,13,16H,2-9H2,1H3. The third kappa shape index (κ3) is 3.67. The van der Waals surface area contributed by atoms with Crippen molar-refractivity contribution < 1.29 is 18.3 Å². The number of sulfone groups is 1. The van der Waals surface area contributed by atoms with Crippen molar-refractivity contribution in [1.82, 2.24) is 10.2 Å². The Kier molecular flexibility index (Phi) is 4.17. The first-order chi connectivity index (χ1) is 8.84. The number of nitrogens with one attached hydrogen (secondary N) is 1. The highest BCUT2D eigenvalue weighted by molar-refractivity contribution is 7.91. The van der Waals surface area contributed by atoms with Crippen molar-refractivity contribution >= 4 is 15.7 Å². The Morgan fingerprint density at radius 1 is 1.47 bits per heavy atom. The van der Waals surface area contributed by atoms with Crippen LogP contribution in [0.4, 0.5) is 0 Å². The molecule has 7 heteroatoms. The lowest BCUT2D eigenvalue weighted by Crippen LogP contribution is -2.64. The molecule has 2 heterocycles. The van der Waals surface area contributed by atoms with Gasteiger partial charge in [-0.25, -0.2) is 8.42 Å². The molecule has 19 heavy (non-hydrogen) atoms. The van der Waals surface area contributed by atoms with Gasteiger partial charge in [-0.2, -0.15) is 0 Å². The Morgan fingerprint density at radius 2 is 2.16 bits per heavy atom. The van der Waals surface area contributed by atoms with Crippen LogP contribution in [0.3, 0.4) is 0 Å². The monoisotopic (exact) mass is 290 g/mol. The molecule has 0 aromatic carbocycles. The maximum absolute atomic E-state index is 12.0. The zero-order valence-electron chi connectivity index (χ0n) is 11.3. The van der Waals surface area contributed by atoms with E-state index in [2.05, 4.69) is 5.32 Å². The summed E-state index contributed by atoms with van der Waals surface area (Å²) < 4.78 is 23.0. The Hall–Kier alpha value is -0.660. The quantitative estimate of drug-likeness (QED) is 0.703. The molecule has 6 nitrogen and oxygen atoms in total. The molecule has 0 aromatic heterocycles. The summed E-state index contributed by atoms with van der Waals surface area (Å²) in [5.74, 6) is 0.110. The van der Waals surface area contributed by atoms with Gasteiger partial charge >= 0.3 is 0 Å². The number of carbonyl (C=O) groups is 1. The largest absolute Gasteiger partial charge is 0.386 e. The lowest BCUT2D eigenvalue weighted by atomic mass is 9.89. The summed E-state index contributed by atoms with van der Waals surface area (Å²) in [7, 11) is -3.01. The average Bonchev–Trinajstić information content (AvgIpc) is 2.24. The smallest absolute Gasteiger partial charge is 0.224 e. The number of β-amino-alcohol motifs (C(OH)–C–C–N with tert-alkyl or cyclic N) is 1. The molecule has 1 amide bonds. The van der Waals surface area contributed by atoms with Gasteiger partial charge in [-0.3, -0.25) is 4.79 Å². The van der Waals surface area contributed by atoms with Gasteiger partial charge in [0.15, 0.2) is 9.84 Å². The fourth-order valence-electron chi connectivity index (χ4n) is 2.80. The van der Waals surface area contributed by atoms with Crippen LogP contribution >= 0.6 is 0 Å². The number of hydrogen-bond acceptors (Lipinski definition) is 5. The maximum Gasteiger partial charge on any atom is 0.224 e. The van der Waals surface area contributed by atoms with E-state index < -0.39 is 15.4 Å². The summed E-state index contributed by atoms with van der Waals surface area (Å²) in [5, 5.41) is 13.1. The van der Waals surface area contributed by atoms with Crippen molar-refractivity contribution in [3.63, 3.8) is 0 Å². The highest BCUT2D eigenvalue weighted by Crippen LogP contribution is 2.26. The maximum atomic E-state index is 12.0. The summed E-state index contributed by atoms with van der Waals surface area (Å²) in [4.78, 5) is 13.6. The third-order valence-corrected chi connectivity index (χ3v) is 5.50. The van der Waals surface area contributed by atoms with E-state index in [4.69, 9.17) is 0 Å². The van der Waals surface area contributed by atoms with Gasteiger partial charge in [0.25, 0.3) is 0 Å². The SMILES string of the molecule is CCCC1(O)CN(C(=O)CC2CS(=O)(=O)CCN2)C1. The normalized spacial score (nSPS) is 28.7. The fourth-order valence-corrected chi connectivity index (χ4v) is 4.25. The topological polar surface area (TPSA) is 86.7 Å². The van der Waals surface area contributed by atoms with E-state index in [0.29, 0.717) is 26.1 Å². The van der Waals surface area contributed by atoms with Gasteiger partial charge < -0.3 is 15.3 Å². The molecule has 0 radical (unpaired) electrons. The summed E-state index contributed by atoms with van der Waals surface area (Å²) in [6.07, 6.45) is 1.79. The molecule has 2 saturated heterocycles. The van der Waals surface area contributed by atoms with Gasteiger partial charge in [-0.1, -0.05) is 13.3 Å². The number of likely N-dealkylation sites (tertiary alicyclic amines) is 1. The summed E-state index contributed by atoms with van der Waals surface area (Å²) in [6, 6.07) is -0.286. The number of carbonyl (C=O) groups excluding carboxylic acids is 1. The van der Waals surface area contributed by atoms with Gasteiger partial charge in [-0.15, -0.1) is 0 Å². The number of amides is 1. The molecule has 110 valence electrons. The second-order valence-electron chi connectivity index (χ2n) is 5.69. The van der Waals surface area contributed by atoms with E-state index in [1.807, 2.05) is 6.92 Å². The first-order valence-corrected chi connectivity index (χ1v) is 8.60. The predicted octanol–water partition coefficient (Wildman–Crippen LogP) is -0.863. The third-order valence-electron chi connectivity index (χ3n) is 3.76. The average molecular weight is 290 g/mol. The molecule has 2 aliphatic heterocycles. The van der Waals surface area contributed by atoms with E-state index in [1.165, 1.54) is 0 Å². The Labute approximate surface area is 114 Å². The van der Waals surface area contributed by atoms with Crippen LogP contribution in [-0.4, -0.2) is 67.1 Å². The van der Waals surface area contributed by atoms with Crippen LogP contribution in [0.25, 0.3) is 0 Å². The van der Waals surface area contributed by atoms with Crippen LogP contribution in [0.15, 0.2) is 0 Å². The van der Waals surface area contributed by atoms with E-state index in [1.54, 1.807) is 4.90 Å². The van der Waals surface area contributed by atoms with Crippen molar-refractivity contribution in [3.8, 4) is 0 Å². The van der Waals surface area contributed by atoms with Crippen molar-refractivity contribution in [3.05, 3.63) is 0 Å². The number of aliphatic hydroxyl groups is 1. The second-order valence-corrected chi connectivity index (χ2v) is 7.92. The van der Waals surface area contributed by atoms with Gasteiger partial charge in [0.2, 0.25) is 5.91 Å². The van der Waals surface area contributed by atoms with E-state index >= 15 is 0 Å². The molecule has 0 aromatic rings. The second kappa shape index (κ2) is 5.38. The van der Waals surface area contributed by atoms with Crippen LogP contribution in [0.1, 0.15) is 26.2 Å². The van der Waals surface area contributed by atoms with E-state index in [-0.39, 0.29) is 29.9 Å². The summed E-state index contributed by atoms with van der Waals surface area (Å²) in [6.45, 7) is 3.16. The van der Waals surface area contributed by atoms with E-state index in [9.17, 15) is 18.3 Å². The molecule has 1 atom stereocenters. The number of rotatable bonds is 4. The number of nitrogens with zero attached hydrogens (tertiary/aromatic N) is 1. The molecule has 2 N–H and O–H groups in total. The Morgan fingerprint density at radius 3 is 2.74 bits per heavy atom. The molecule has 1 unspecified atom stereocenters. The minimum absolute atomic E-state index is 0.0335. The van der Waals surface area contributed by atoms with Crippen molar-refractivity contribution in [2.24, 2.45) is 0 Å². The summed E-state index contributed by atoms with van der Waals surface area (Å²) >= 11 is 0. The van der Waals surface area contributed by atoms with Gasteiger partial charge in [0.05, 0.1) is 30.2 Å². The zero-order valence-corrected chi connectivity index (χ0v) is 12.1. The number of hydrogen-bond donors (Lipinski definition) is 2. The molecule has 2 aliphatic rings. The van der Waals surface area contributed by atoms with Crippen LogP contribution in [-0.2, 0) is 14.6 Å². The van der Waals surface area contributed by atoms with Crippen LogP contribution in [0, 0.1) is 0 Å². The molecule has 0 aliphatic carbocycles. The van der Waals surface area contributed by atoms with Gasteiger partial charge in [0.1, 0.15) is 0 Å². The first kappa shape index (κ1) is 14.7. The van der Waals surface area contributed by atoms with E-state index in [0.717, 1.165) is 6.42 Å². The fraction of sp³-hybridized carbons (Fsp3) is 0.917. The molecule has 0 saturated carbocycles. The zero-order chi connectivity index (χ0) is 14.1. The minimum Gasteiger partial charge on any atom is -0.386 e. The first-order valence-electron chi connectivity index (χ1n) is 6.77. The molecular formula is C12H22N2O4S. The summed E-state index contributed by atoms with van der Waals surface area (Å²) in [5.41, 5.74) is -0.726. The van der Waals surface area contributed by atoms with Crippen LogP contribution in [0.2, 0.25) is 0 Å². The molecular weight excluding hydrogens is 268 g/mol. The molecule has 0 spiro atoms. The molecule has 0 bridgehead atoms. The molecule has 2 fully saturated rings. The van der Waals surface area contributed by atoms with Gasteiger partial charge in [-0.05, 0) is 6.42 Å². The lowest BCUT2D eigenvalue weighted by molar-refractivity contribution is -0.156. The van der Waals surface area contributed by atoms with Crippen molar-refractivity contribution in [2.45, 2.75) is 37.8 Å². The minimum atomic E-state index is -3.01. The van der Waals surface area contributed by atoms with Crippen molar-refractivity contribution in [2.75, 3.05) is 31.1 Å². The van der Waals surface area contributed by atoms with Gasteiger partial charge in [0, 0.05) is 19.0 Å². The Bertz CT molecular complexity index is 443. The lowest BCUT2D eigenvalue weighted by Gasteiger charge is -2.47. The predicted molar refractivity (Wildman–Crippen MR) is 71.5 cm³/mol. The highest BCUT2D eigenvalue weighted by atomic mass is 32.2. The van der Waals surface area contributed by atoms with Crippen LogP contribution < -0.4 is 5.32 Å². The van der Waals surface area contributed by atoms with Crippen molar-refractivity contribution in [1.29, 1.82) is 0 Å². The van der Waals surface area contributed by atoms with Crippen LogP contribution in [0.5, 0.6) is 0 Å². The molecule has 2 rings (SSSR count).